The maximum absolute atomic E-state index is 14.3. The highest BCUT2D eigenvalue weighted by molar-refractivity contribution is 7.09. The summed E-state index contributed by atoms with van der Waals surface area (Å²) in [5, 5.41) is 12.4. The van der Waals surface area contributed by atoms with Crippen LogP contribution >= 0.6 is 11.3 Å². The first-order chi connectivity index (χ1) is 23.2. The van der Waals surface area contributed by atoms with Gasteiger partial charge in [-0.25, -0.2) is 14.4 Å². The maximum atomic E-state index is 14.3. The van der Waals surface area contributed by atoms with E-state index in [1.54, 1.807) is 11.4 Å². The van der Waals surface area contributed by atoms with Gasteiger partial charge in [0.25, 0.3) is 11.8 Å². The van der Waals surface area contributed by atoms with Crippen LogP contribution in [0.4, 0.5) is 4.39 Å². The monoisotopic (exact) mass is 670 g/mol. The molecule has 0 unspecified atom stereocenters. The van der Waals surface area contributed by atoms with Gasteiger partial charge in [-0.05, 0) is 80.8 Å². The Hall–Kier alpha value is -4.19. The summed E-state index contributed by atoms with van der Waals surface area (Å²) in [6, 6.07) is 18.1. The molecule has 0 radical (unpaired) electrons. The number of thiazole rings is 1. The van der Waals surface area contributed by atoms with Gasteiger partial charge in [0.2, 0.25) is 5.88 Å². The van der Waals surface area contributed by atoms with Gasteiger partial charge in [-0.3, -0.25) is 14.5 Å². The third-order valence-electron chi connectivity index (χ3n) is 8.92. The van der Waals surface area contributed by atoms with Gasteiger partial charge in [0, 0.05) is 49.2 Å². The number of hydrogen-bond donors (Lipinski definition) is 3. The second-order valence-corrected chi connectivity index (χ2v) is 13.9. The van der Waals surface area contributed by atoms with Crippen molar-refractivity contribution in [2.45, 2.75) is 83.6 Å². The topological polar surface area (TPSA) is 108 Å². The lowest BCUT2D eigenvalue weighted by molar-refractivity contribution is 0.0888. The lowest BCUT2D eigenvalue weighted by atomic mass is 9.91. The summed E-state index contributed by atoms with van der Waals surface area (Å²) in [6.07, 6.45) is 4.65. The van der Waals surface area contributed by atoms with E-state index in [-0.39, 0.29) is 29.4 Å². The fraction of sp³-hybridized carbons (Fsp3) is 0.405. The number of nitrogens with zero attached hydrogens (tertiary/aromatic N) is 3. The number of aromatic nitrogens is 2. The Labute approximate surface area is 285 Å². The van der Waals surface area contributed by atoms with Gasteiger partial charge in [0.1, 0.15) is 22.8 Å². The molecule has 3 heterocycles. The van der Waals surface area contributed by atoms with Crippen molar-refractivity contribution in [3.8, 4) is 22.8 Å². The van der Waals surface area contributed by atoms with Crippen molar-refractivity contribution in [1.82, 2.24) is 30.8 Å². The summed E-state index contributed by atoms with van der Waals surface area (Å²) < 4.78 is 20.4. The Balaban J connectivity index is 1.05. The molecule has 1 aliphatic heterocycles. The molecule has 1 aliphatic carbocycles. The molecule has 6 rings (SSSR count). The lowest BCUT2D eigenvalue weighted by Crippen LogP contribution is -2.53. The van der Waals surface area contributed by atoms with Crippen LogP contribution in [-0.4, -0.2) is 63.9 Å². The SMILES string of the molecule is CCc1nc(C(=O)N[C@H]2CC[C@@H](NC(=O)c3cc(F)cnc3Oc3cccc(-c4ccc(CN5C[C@@H](C)N[C@@H](C)C5)cc4)c3)CC2)cs1. The zero-order valence-electron chi connectivity index (χ0n) is 27.7. The van der Waals surface area contributed by atoms with Crippen LogP contribution in [0.15, 0.2) is 66.2 Å². The average molecular weight is 671 g/mol. The van der Waals surface area contributed by atoms with Crippen LogP contribution in [0, 0.1) is 5.82 Å². The minimum Gasteiger partial charge on any atom is -0.438 e. The highest BCUT2D eigenvalue weighted by atomic mass is 32.1. The highest BCUT2D eigenvalue weighted by Gasteiger charge is 2.27. The zero-order chi connectivity index (χ0) is 33.6. The van der Waals surface area contributed by atoms with Gasteiger partial charge in [0.15, 0.2) is 0 Å². The second-order valence-electron chi connectivity index (χ2n) is 13.0. The summed E-state index contributed by atoms with van der Waals surface area (Å²) in [6.45, 7) is 9.42. The molecule has 3 N–H and O–H groups in total. The van der Waals surface area contributed by atoms with Crippen molar-refractivity contribution in [2.75, 3.05) is 13.1 Å². The molecular formula is C37H43FN6O3S. The molecular weight excluding hydrogens is 628 g/mol. The minimum atomic E-state index is -0.620. The number of piperazine rings is 1. The molecule has 9 nitrogen and oxygen atoms in total. The lowest BCUT2D eigenvalue weighted by Gasteiger charge is -2.36. The van der Waals surface area contributed by atoms with Crippen LogP contribution in [0.3, 0.4) is 0 Å². The van der Waals surface area contributed by atoms with E-state index >= 15 is 0 Å². The molecule has 0 spiro atoms. The Morgan fingerprint density at radius 2 is 1.65 bits per heavy atom. The van der Waals surface area contributed by atoms with Gasteiger partial charge >= 0.3 is 0 Å². The molecule has 1 saturated heterocycles. The maximum Gasteiger partial charge on any atom is 0.270 e. The van der Waals surface area contributed by atoms with Gasteiger partial charge in [-0.2, -0.15) is 0 Å². The molecule has 11 heteroatoms. The second kappa shape index (κ2) is 15.4. The van der Waals surface area contributed by atoms with Crippen LogP contribution in [0.1, 0.15) is 77.9 Å². The smallest absolute Gasteiger partial charge is 0.270 e. The predicted molar refractivity (Wildman–Crippen MR) is 186 cm³/mol. The van der Waals surface area contributed by atoms with Crippen molar-refractivity contribution >= 4 is 23.2 Å². The Kier molecular flexibility index (Phi) is 10.8. The van der Waals surface area contributed by atoms with Gasteiger partial charge < -0.3 is 20.7 Å². The highest BCUT2D eigenvalue weighted by Crippen LogP contribution is 2.29. The summed E-state index contributed by atoms with van der Waals surface area (Å²) in [4.78, 5) is 37.0. The van der Waals surface area contributed by atoms with Crippen molar-refractivity contribution in [3.05, 3.63) is 93.8 Å². The number of pyridine rings is 1. The summed E-state index contributed by atoms with van der Waals surface area (Å²) >= 11 is 1.49. The number of carbonyl (C=O) groups is 2. The van der Waals surface area contributed by atoms with Crippen molar-refractivity contribution in [2.24, 2.45) is 0 Å². The number of ether oxygens (including phenoxy) is 1. The van der Waals surface area contributed by atoms with Gasteiger partial charge in [-0.15, -0.1) is 11.3 Å². The van der Waals surface area contributed by atoms with Crippen molar-refractivity contribution in [3.63, 3.8) is 0 Å². The molecule has 48 heavy (non-hydrogen) atoms. The number of hydrogen-bond acceptors (Lipinski definition) is 8. The van der Waals surface area contributed by atoms with E-state index in [0.717, 1.165) is 54.5 Å². The largest absolute Gasteiger partial charge is 0.438 e. The van der Waals surface area contributed by atoms with Crippen LogP contribution < -0.4 is 20.7 Å². The molecule has 2 aromatic heterocycles. The average Bonchev–Trinajstić information content (AvgIpc) is 3.56. The van der Waals surface area contributed by atoms with E-state index in [4.69, 9.17) is 4.74 Å². The van der Waals surface area contributed by atoms with E-state index in [1.165, 1.54) is 16.9 Å². The van der Waals surface area contributed by atoms with Crippen LogP contribution in [-0.2, 0) is 13.0 Å². The molecule has 2 amide bonds. The number of amides is 2. The van der Waals surface area contributed by atoms with Gasteiger partial charge in [-0.1, -0.05) is 43.3 Å². The molecule has 1 saturated carbocycles. The molecule has 0 bridgehead atoms. The number of aryl methyl sites for hydroxylation is 1. The number of carbonyl (C=O) groups excluding carboxylic acids is 2. The van der Waals surface area contributed by atoms with E-state index in [2.05, 4.69) is 68.9 Å². The minimum absolute atomic E-state index is 0.00971. The van der Waals surface area contributed by atoms with Crippen molar-refractivity contribution < 1.29 is 18.7 Å². The first-order valence-corrected chi connectivity index (χ1v) is 17.7. The normalized spacial score (nSPS) is 21.4. The number of halogens is 1. The fourth-order valence-corrected chi connectivity index (χ4v) is 7.36. The van der Waals surface area contributed by atoms with Crippen LogP contribution in [0.25, 0.3) is 11.1 Å². The van der Waals surface area contributed by atoms with Crippen LogP contribution in [0.5, 0.6) is 11.6 Å². The first kappa shape index (κ1) is 33.7. The number of rotatable bonds is 10. The molecule has 2 atom stereocenters. The number of benzene rings is 2. The molecule has 2 aromatic carbocycles. The zero-order valence-corrected chi connectivity index (χ0v) is 28.5. The number of nitrogens with one attached hydrogen (secondary N) is 3. The Bertz CT molecular complexity index is 1710. The Morgan fingerprint density at radius 1 is 0.958 bits per heavy atom. The van der Waals surface area contributed by atoms with Crippen LogP contribution in [0.2, 0.25) is 0 Å². The quantitative estimate of drug-likeness (QED) is 0.180. The van der Waals surface area contributed by atoms with E-state index in [0.29, 0.717) is 49.2 Å². The third-order valence-corrected chi connectivity index (χ3v) is 9.92. The van der Waals surface area contributed by atoms with E-state index < -0.39 is 11.7 Å². The third kappa shape index (κ3) is 8.63. The molecule has 2 fully saturated rings. The van der Waals surface area contributed by atoms with E-state index in [9.17, 15) is 14.0 Å². The standard InChI is InChI=1S/C37H43FN6O3S/c1-4-34-43-33(22-48-34)36(46)42-30-14-12-29(13-15-30)41-35(45)32-17-28(38)18-39-37(32)47-31-7-5-6-27(16-31)26-10-8-25(9-11-26)21-44-19-23(2)40-24(3)20-44/h5-11,16-18,22-24,29-30,40H,4,12-15,19-21H2,1-3H3,(H,41,45)(H,42,46)/t23-,24+,29-,30+. The molecule has 252 valence electrons. The van der Waals surface area contributed by atoms with Crippen molar-refractivity contribution in [1.29, 1.82) is 0 Å². The predicted octanol–water partition coefficient (Wildman–Crippen LogP) is 6.35. The molecule has 4 aromatic rings. The first-order valence-electron chi connectivity index (χ1n) is 16.8. The Morgan fingerprint density at radius 3 is 2.31 bits per heavy atom. The summed E-state index contributed by atoms with van der Waals surface area (Å²) in [7, 11) is 0. The summed E-state index contributed by atoms with van der Waals surface area (Å²) in [5.74, 6) is -0.695. The fourth-order valence-electron chi connectivity index (χ4n) is 6.63. The van der Waals surface area contributed by atoms with Gasteiger partial charge in [0.05, 0.1) is 11.2 Å². The molecule has 2 aliphatic rings. The van der Waals surface area contributed by atoms with E-state index in [1.807, 2.05) is 25.1 Å². The summed E-state index contributed by atoms with van der Waals surface area (Å²) in [5.41, 5.74) is 3.75.